The van der Waals surface area contributed by atoms with Gasteiger partial charge in [0.25, 0.3) is 5.91 Å². The van der Waals surface area contributed by atoms with Gasteiger partial charge in [-0.25, -0.2) is 0 Å². The Hall–Kier alpha value is -2.40. The van der Waals surface area contributed by atoms with Gasteiger partial charge in [0, 0.05) is 12.1 Å². The van der Waals surface area contributed by atoms with Crippen LogP contribution >= 0.6 is 11.6 Å². The smallest absolute Gasteiger partial charge is 0.262 e. The molecule has 0 aliphatic heterocycles. The third kappa shape index (κ3) is 4.53. The van der Waals surface area contributed by atoms with Crippen LogP contribution in [0.15, 0.2) is 36.4 Å². The van der Waals surface area contributed by atoms with E-state index in [2.05, 4.69) is 5.32 Å². The molecule has 5 nitrogen and oxygen atoms in total. The summed E-state index contributed by atoms with van der Waals surface area (Å²) >= 11 is 6.03. The average molecular weight is 336 g/mol. The predicted octanol–water partition coefficient (Wildman–Crippen LogP) is 3.68. The Kier molecular flexibility index (Phi) is 5.71. The van der Waals surface area contributed by atoms with Crippen molar-refractivity contribution in [3.63, 3.8) is 0 Å². The molecule has 1 amide bonds. The molecule has 122 valence electrons. The quantitative estimate of drug-likeness (QED) is 0.874. The first-order valence-corrected chi connectivity index (χ1v) is 7.32. The van der Waals surface area contributed by atoms with Crippen LogP contribution in [0.25, 0.3) is 0 Å². The molecule has 0 unspecified atom stereocenters. The van der Waals surface area contributed by atoms with Gasteiger partial charge in [0.15, 0.2) is 6.61 Å². The van der Waals surface area contributed by atoms with E-state index in [4.69, 9.17) is 25.8 Å². The van der Waals surface area contributed by atoms with Crippen molar-refractivity contribution in [2.75, 3.05) is 26.1 Å². The van der Waals surface area contributed by atoms with Gasteiger partial charge >= 0.3 is 0 Å². The maximum absolute atomic E-state index is 12.1. The zero-order valence-corrected chi connectivity index (χ0v) is 13.9. The van der Waals surface area contributed by atoms with Gasteiger partial charge in [-0.2, -0.15) is 0 Å². The standard InChI is InChI=1S/C17H18ClNO4/c1-11-5-4-6-12(7-11)23-10-17(20)19-14-9-15(21-2)13(18)8-16(14)22-3/h4-9H,10H2,1-3H3,(H,19,20). The summed E-state index contributed by atoms with van der Waals surface area (Å²) < 4.78 is 15.8. The van der Waals surface area contributed by atoms with Gasteiger partial charge < -0.3 is 19.5 Å². The number of amides is 1. The molecule has 0 heterocycles. The molecule has 0 fully saturated rings. The number of carbonyl (C=O) groups excluding carboxylic acids is 1. The van der Waals surface area contributed by atoms with Gasteiger partial charge in [0.05, 0.1) is 24.9 Å². The summed E-state index contributed by atoms with van der Waals surface area (Å²) in [4.78, 5) is 12.1. The largest absolute Gasteiger partial charge is 0.495 e. The van der Waals surface area contributed by atoms with E-state index in [0.29, 0.717) is 28.0 Å². The molecule has 0 radical (unpaired) electrons. The minimum atomic E-state index is -0.311. The molecule has 2 rings (SSSR count). The number of ether oxygens (including phenoxy) is 3. The summed E-state index contributed by atoms with van der Waals surface area (Å²) in [6.07, 6.45) is 0. The summed E-state index contributed by atoms with van der Waals surface area (Å²) in [7, 11) is 3.00. The first kappa shape index (κ1) is 17.0. The molecule has 0 saturated carbocycles. The minimum absolute atomic E-state index is 0.114. The fourth-order valence-corrected chi connectivity index (χ4v) is 2.23. The topological polar surface area (TPSA) is 56.8 Å². The maximum Gasteiger partial charge on any atom is 0.262 e. The molecule has 0 aromatic heterocycles. The molecular weight excluding hydrogens is 318 g/mol. The van der Waals surface area contributed by atoms with Crippen LogP contribution < -0.4 is 19.5 Å². The number of rotatable bonds is 6. The maximum atomic E-state index is 12.1. The van der Waals surface area contributed by atoms with Crippen LogP contribution in [0.1, 0.15) is 5.56 Å². The third-order valence-electron chi connectivity index (χ3n) is 3.11. The molecule has 0 aliphatic rings. The Bertz CT molecular complexity index is 703. The van der Waals surface area contributed by atoms with E-state index in [1.54, 1.807) is 18.2 Å². The van der Waals surface area contributed by atoms with Crippen molar-refractivity contribution >= 4 is 23.2 Å². The number of nitrogens with one attached hydrogen (secondary N) is 1. The molecule has 0 spiro atoms. The van der Waals surface area contributed by atoms with Gasteiger partial charge in [0.2, 0.25) is 0 Å². The fraction of sp³-hybridized carbons (Fsp3) is 0.235. The number of hydrogen-bond acceptors (Lipinski definition) is 4. The Labute approximate surface area is 140 Å². The Morgan fingerprint density at radius 3 is 2.52 bits per heavy atom. The van der Waals surface area contributed by atoms with Crippen LogP contribution in [0, 0.1) is 6.92 Å². The van der Waals surface area contributed by atoms with Crippen molar-refractivity contribution in [3.8, 4) is 17.2 Å². The molecule has 0 atom stereocenters. The fourth-order valence-electron chi connectivity index (χ4n) is 2.00. The van der Waals surface area contributed by atoms with Crippen molar-refractivity contribution in [1.82, 2.24) is 0 Å². The van der Waals surface area contributed by atoms with E-state index in [1.807, 2.05) is 25.1 Å². The first-order chi connectivity index (χ1) is 11.0. The van der Waals surface area contributed by atoms with Crippen LogP contribution in [-0.4, -0.2) is 26.7 Å². The molecule has 0 saturated heterocycles. The van der Waals surface area contributed by atoms with Gasteiger partial charge in [0.1, 0.15) is 17.2 Å². The van der Waals surface area contributed by atoms with Crippen molar-refractivity contribution in [3.05, 3.63) is 47.0 Å². The van der Waals surface area contributed by atoms with E-state index in [9.17, 15) is 4.79 Å². The lowest BCUT2D eigenvalue weighted by atomic mass is 10.2. The van der Waals surface area contributed by atoms with Crippen LogP contribution in [0.3, 0.4) is 0 Å². The highest BCUT2D eigenvalue weighted by Crippen LogP contribution is 2.35. The molecule has 1 N–H and O–H groups in total. The van der Waals surface area contributed by atoms with Crippen LogP contribution in [0.4, 0.5) is 5.69 Å². The molecule has 0 bridgehead atoms. The number of methoxy groups -OCH3 is 2. The first-order valence-electron chi connectivity index (χ1n) is 6.94. The summed E-state index contributed by atoms with van der Waals surface area (Å²) in [5.41, 5.74) is 1.53. The lowest BCUT2D eigenvalue weighted by molar-refractivity contribution is -0.118. The second-order valence-electron chi connectivity index (χ2n) is 4.84. The summed E-state index contributed by atoms with van der Waals surface area (Å²) in [5.74, 6) is 1.22. The normalized spacial score (nSPS) is 10.1. The highest BCUT2D eigenvalue weighted by Gasteiger charge is 2.13. The molecule has 23 heavy (non-hydrogen) atoms. The number of anilines is 1. The molecule has 6 heteroatoms. The van der Waals surface area contributed by atoms with Crippen molar-refractivity contribution in [2.45, 2.75) is 6.92 Å². The lowest BCUT2D eigenvalue weighted by Gasteiger charge is -2.13. The monoisotopic (exact) mass is 335 g/mol. The van der Waals surface area contributed by atoms with E-state index in [-0.39, 0.29) is 12.5 Å². The number of carbonyl (C=O) groups is 1. The molecule has 2 aromatic rings. The van der Waals surface area contributed by atoms with Gasteiger partial charge in [-0.1, -0.05) is 23.7 Å². The Morgan fingerprint density at radius 2 is 1.87 bits per heavy atom. The van der Waals surface area contributed by atoms with Crippen molar-refractivity contribution in [1.29, 1.82) is 0 Å². The highest BCUT2D eigenvalue weighted by molar-refractivity contribution is 6.32. The summed E-state index contributed by atoms with van der Waals surface area (Å²) in [5, 5.41) is 3.12. The van der Waals surface area contributed by atoms with Gasteiger partial charge in [-0.05, 0) is 24.6 Å². The van der Waals surface area contributed by atoms with Crippen LogP contribution in [0.5, 0.6) is 17.2 Å². The van der Waals surface area contributed by atoms with Crippen LogP contribution in [0.2, 0.25) is 5.02 Å². The minimum Gasteiger partial charge on any atom is -0.495 e. The summed E-state index contributed by atoms with van der Waals surface area (Å²) in [6, 6.07) is 10.7. The van der Waals surface area contributed by atoms with Gasteiger partial charge in [-0.15, -0.1) is 0 Å². The van der Waals surface area contributed by atoms with Crippen molar-refractivity contribution in [2.24, 2.45) is 0 Å². The molecule has 2 aromatic carbocycles. The molecule has 0 aliphatic carbocycles. The number of benzene rings is 2. The van der Waals surface area contributed by atoms with E-state index in [0.717, 1.165) is 5.56 Å². The number of hydrogen-bond donors (Lipinski definition) is 1. The zero-order valence-electron chi connectivity index (χ0n) is 13.2. The van der Waals surface area contributed by atoms with Crippen molar-refractivity contribution < 1.29 is 19.0 Å². The van der Waals surface area contributed by atoms with Gasteiger partial charge in [-0.3, -0.25) is 4.79 Å². The van der Waals surface area contributed by atoms with Crippen LogP contribution in [-0.2, 0) is 4.79 Å². The second-order valence-corrected chi connectivity index (χ2v) is 5.25. The lowest BCUT2D eigenvalue weighted by Crippen LogP contribution is -2.20. The number of aryl methyl sites for hydroxylation is 1. The second kappa shape index (κ2) is 7.74. The highest BCUT2D eigenvalue weighted by atomic mass is 35.5. The average Bonchev–Trinajstić information content (AvgIpc) is 2.54. The Morgan fingerprint density at radius 1 is 1.13 bits per heavy atom. The predicted molar refractivity (Wildman–Crippen MR) is 89.9 cm³/mol. The SMILES string of the molecule is COc1cc(NC(=O)COc2cccc(C)c2)c(OC)cc1Cl. The van der Waals surface area contributed by atoms with E-state index in [1.165, 1.54) is 14.2 Å². The third-order valence-corrected chi connectivity index (χ3v) is 3.40. The van der Waals surface area contributed by atoms with E-state index < -0.39 is 0 Å². The summed E-state index contributed by atoms with van der Waals surface area (Å²) in [6.45, 7) is 1.84. The zero-order chi connectivity index (χ0) is 16.8. The van der Waals surface area contributed by atoms with E-state index >= 15 is 0 Å². The molecular formula is C17H18ClNO4. The number of halogens is 1. The Balaban J connectivity index is 2.05.